The molecule has 0 nitrogen and oxygen atoms in total. The average molecular weight is 240 g/mol. The molecule has 0 radical (unpaired) electrons. The second-order valence-electron chi connectivity index (χ2n) is 4.91. The van der Waals surface area contributed by atoms with Gasteiger partial charge in [0.2, 0.25) is 0 Å². The highest BCUT2D eigenvalue weighted by atomic mass is 32.2. The van der Waals surface area contributed by atoms with Crippen LogP contribution in [-0.4, -0.2) is 0 Å². The Balaban J connectivity index is 2.03. The number of hydrogen-bond donors (Lipinski definition) is 0. The quantitative estimate of drug-likeness (QED) is 0.585. The molecule has 0 unspecified atom stereocenters. The van der Waals surface area contributed by atoms with Crippen LogP contribution >= 0.6 is 11.8 Å². The summed E-state index contributed by atoms with van der Waals surface area (Å²) in [5.41, 5.74) is 4.40. The summed E-state index contributed by atoms with van der Waals surface area (Å²) in [4.78, 5) is 2.84. The summed E-state index contributed by atoms with van der Waals surface area (Å²) < 4.78 is 0. The normalized spacial score (nSPS) is 13.4. The maximum Gasteiger partial charge on any atom is 0.0158 e. The van der Waals surface area contributed by atoms with Crippen molar-refractivity contribution >= 4 is 11.8 Å². The van der Waals surface area contributed by atoms with E-state index in [0.717, 1.165) is 6.42 Å². The van der Waals surface area contributed by atoms with E-state index in [4.69, 9.17) is 0 Å². The van der Waals surface area contributed by atoms with Crippen LogP contribution in [0.4, 0.5) is 0 Å². The smallest absolute Gasteiger partial charge is 0.0158 e. The van der Waals surface area contributed by atoms with E-state index in [9.17, 15) is 0 Å². The summed E-state index contributed by atoms with van der Waals surface area (Å²) in [5, 5.41) is 0. The molecule has 17 heavy (non-hydrogen) atoms. The second-order valence-corrected chi connectivity index (χ2v) is 5.99. The highest BCUT2D eigenvalue weighted by Crippen LogP contribution is 2.40. The fourth-order valence-electron chi connectivity index (χ4n) is 2.27. The minimum atomic E-state index is 0.613. The van der Waals surface area contributed by atoms with Crippen LogP contribution in [0.15, 0.2) is 52.3 Å². The summed E-state index contributed by atoms with van der Waals surface area (Å²) in [6, 6.07) is 15.7. The summed E-state index contributed by atoms with van der Waals surface area (Å²) in [6.45, 7) is 4.51. The Bertz CT molecular complexity index is 555. The number of benzene rings is 2. The van der Waals surface area contributed by atoms with Gasteiger partial charge < -0.3 is 0 Å². The standard InChI is InChI=1S/C16H16S/c1-11(2)12-7-8-16-14(9-12)10-13-5-3-4-6-15(13)17-16/h3-9,11H,10H2,1-2H3. The Morgan fingerprint density at radius 2 is 1.71 bits per heavy atom. The molecular weight excluding hydrogens is 224 g/mol. The first-order valence-corrected chi connectivity index (χ1v) is 6.94. The Hall–Kier alpha value is -1.21. The molecule has 0 saturated heterocycles. The lowest BCUT2D eigenvalue weighted by atomic mass is 9.97. The minimum Gasteiger partial charge on any atom is -0.0895 e. The Kier molecular flexibility index (Phi) is 2.71. The molecule has 3 rings (SSSR count). The molecular formula is C16H16S. The van der Waals surface area contributed by atoms with Gasteiger partial charge in [0.1, 0.15) is 0 Å². The van der Waals surface area contributed by atoms with Crippen LogP contribution in [0.1, 0.15) is 36.5 Å². The Labute approximate surface area is 107 Å². The third-order valence-corrected chi connectivity index (χ3v) is 4.56. The van der Waals surface area contributed by atoms with Crippen molar-refractivity contribution < 1.29 is 0 Å². The Morgan fingerprint density at radius 1 is 0.941 bits per heavy atom. The molecule has 1 heterocycles. The SMILES string of the molecule is CC(C)c1ccc2c(c1)Cc1ccccc1S2. The summed E-state index contributed by atoms with van der Waals surface area (Å²) >= 11 is 1.90. The molecule has 0 atom stereocenters. The summed E-state index contributed by atoms with van der Waals surface area (Å²) in [6.07, 6.45) is 1.08. The molecule has 1 heteroatoms. The van der Waals surface area contributed by atoms with Gasteiger partial charge in [-0.05, 0) is 41.2 Å². The minimum absolute atomic E-state index is 0.613. The first-order chi connectivity index (χ1) is 8.24. The summed E-state index contributed by atoms with van der Waals surface area (Å²) in [7, 11) is 0. The number of rotatable bonds is 1. The molecule has 86 valence electrons. The Morgan fingerprint density at radius 3 is 2.53 bits per heavy atom. The van der Waals surface area contributed by atoms with Crippen LogP contribution in [0, 0.1) is 0 Å². The van der Waals surface area contributed by atoms with Gasteiger partial charge in [-0.3, -0.25) is 0 Å². The molecule has 0 spiro atoms. The predicted octanol–water partition coefficient (Wildman–Crippen LogP) is 4.87. The van der Waals surface area contributed by atoms with Crippen molar-refractivity contribution in [1.82, 2.24) is 0 Å². The van der Waals surface area contributed by atoms with Crippen LogP contribution in [0.3, 0.4) is 0 Å². The van der Waals surface area contributed by atoms with Crippen molar-refractivity contribution in [2.45, 2.75) is 36.0 Å². The van der Waals surface area contributed by atoms with Gasteiger partial charge in [-0.15, -0.1) is 0 Å². The van der Waals surface area contributed by atoms with E-state index in [1.54, 1.807) is 0 Å². The van der Waals surface area contributed by atoms with Crippen molar-refractivity contribution in [3.63, 3.8) is 0 Å². The zero-order chi connectivity index (χ0) is 11.8. The van der Waals surface area contributed by atoms with E-state index in [1.165, 1.54) is 26.5 Å². The fourth-order valence-corrected chi connectivity index (χ4v) is 3.32. The van der Waals surface area contributed by atoms with Crippen molar-refractivity contribution in [3.05, 3.63) is 59.2 Å². The topological polar surface area (TPSA) is 0 Å². The molecule has 0 fully saturated rings. The molecule has 0 aliphatic carbocycles. The number of fused-ring (bicyclic) bond motifs is 2. The lowest BCUT2D eigenvalue weighted by molar-refractivity contribution is 0.858. The van der Waals surface area contributed by atoms with Gasteiger partial charge in [-0.25, -0.2) is 0 Å². The molecule has 0 aromatic heterocycles. The molecule has 2 aromatic carbocycles. The molecule has 0 bridgehead atoms. The van der Waals surface area contributed by atoms with Crippen LogP contribution in [0.5, 0.6) is 0 Å². The van der Waals surface area contributed by atoms with E-state index in [2.05, 4.69) is 56.3 Å². The van der Waals surface area contributed by atoms with E-state index in [1.807, 2.05) is 11.8 Å². The van der Waals surface area contributed by atoms with E-state index in [-0.39, 0.29) is 0 Å². The van der Waals surface area contributed by atoms with Crippen LogP contribution < -0.4 is 0 Å². The third-order valence-electron chi connectivity index (χ3n) is 3.32. The van der Waals surface area contributed by atoms with E-state index < -0.39 is 0 Å². The molecule has 0 amide bonds. The van der Waals surface area contributed by atoms with E-state index >= 15 is 0 Å². The fraction of sp³-hybridized carbons (Fsp3) is 0.250. The molecule has 2 aromatic rings. The van der Waals surface area contributed by atoms with Gasteiger partial charge in [-0.2, -0.15) is 0 Å². The summed E-state index contributed by atoms with van der Waals surface area (Å²) in [5.74, 6) is 0.613. The van der Waals surface area contributed by atoms with Crippen molar-refractivity contribution in [2.24, 2.45) is 0 Å². The van der Waals surface area contributed by atoms with Gasteiger partial charge in [0, 0.05) is 9.79 Å². The first-order valence-electron chi connectivity index (χ1n) is 6.12. The first kappa shape index (κ1) is 10.9. The third kappa shape index (κ3) is 2.00. The largest absolute Gasteiger partial charge is 0.0895 e. The van der Waals surface area contributed by atoms with Crippen LogP contribution in [0.2, 0.25) is 0 Å². The molecule has 0 N–H and O–H groups in total. The average Bonchev–Trinajstić information content (AvgIpc) is 2.35. The molecule has 1 aliphatic rings. The zero-order valence-electron chi connectivity index (χ0n) is 10.2. The van der Waals surface area contributed by atoms with Crippen molar-refractivity contribution in [1.29, 1.82) is 0 Å². The molecule has 1 aliphatic heterocycles. The highest BCUT2D eigenvalue weighted by Gasteiger charge is 2.16. The van der Waals surface area contributed by atoms with Crippen molar-refractivity contribution in [3.8, 4) is 0 Å². The lowest BCUT2D eigenvalue weighted by Gasteiger charge is -2.20. The van der Waals surface area contributed by atoms with Gasteiger partial charge in [-0.1, -0.05) is 55.9 Å². The van der Waals surface area contributed by atoms with Gasteiger partial charge >= 0.3 is 0 Å². The van der Waals surface area contributed by atoms with Gasteiger partial charge in [0.05, 0.1) is 0 Å². The maximum atomic E-state index is 2.38. The number of hydrogen-bond acceptors (Lipinski definition) is 1. The van der Waals surface area contributed by atoms with Gasteiger partial charge in [0.25, 0.3) is 0 Å². The lowest BCUT2D eigenvalue weighted by Crippen LogP contribution is -2.00. The van der Waals surface area contributed by atoms with Crippen LogP contribution in [-0.2, 0) is 6.42 Å². The van der Waals surface area contributed by atoms with Crippen LogP contribution in [0.25, 0.3) is 0 Å². The zero-order valence-corrected chi connectivity index (χ0v) is 11.1. The second kappa shape index (κ2) is 4.23. The monoisotopic (exact) mass is 240 g/mol. The highest BCUT2D eigenvalue weighted by molar-refractivity contribution is 7.99. The van der Waals surface area contributed by atoms with E-state index in [0.29, 0.717) is 5.92 Å². The van der Waals surface area contributed by atoms with Gasteiger partial charge in [0.15, 0.2) is 0 Å². The maximum absolute atomic E-state index is 2.38. The van der Waals surface area contributed by atoms with Crippen molar-refractivity contribution in [2.75, 3.05) is 0 Å². The molecule has 0 saturated carbocycles. The predicted molar refractivity (Wildman–Crippen MR) is 73.9 cm³/mol.